The standard InChI is InChI=1S/C15H22N2O2/c1-3-16(4-2)14-8-9-17(11-14)13-7-5-6-12(10-13)15(18)19/h5-7,10,14H,3-4,8-9,11H2,1-2H3,(H,18,19). The molecule has 1 aliphatic heterocycles. The number of rotatable bonds is 5. The van der Waals surface area contributed by atoms with E-state index in [1.807, 2.05) is 12.1 Å². The molecule has 0 aromatic heterocycles. The van der Waals surface area contributed by atoms with Crippen molar-refractivity contribution in [2.24, 2.45) is 0 Å². The lowest BCUT2D eigenvalue weighted by Gasteiger charge is -2.26. The SMILES string of the molecule is CCN(CC)C1CCN(c2cccc(C(=O)O)c2)C1. The summed E-state index contributed by atoms with van der Waals surface area (Å²) >= 11 is 0. The number of hydrogen-bond donors (Lipinski definition) is 1. The van der Waals surface area contributed by atoms with Crippen LogP contribution in [0.5, 0.6) is 0 Å². The normalized spacial score (nSPS) is 19.1. The molecule has 1 aliphatic rings. The van der Waals surface area contributed by atoms with Gasteiger partial charge < -0.3 is 10.0 Å². The zero-order valence-corrected chi connectivity index (χ0v) is 11.7. The molecule has 1 aromatic carbocycles. The van der Waals surface area contributed by atoms with Crippen molar-refractivity contribution in [3.63, 3.8) is 0 Å². The molecule has 1 heterocycles. The zero-order valence-electron chi connectivity index (χ0n) is 11.7. The Morgan fingerprint density at radius 3 is 2.79 bits per heavy atom. The third-order valence-corrected chi connectivity index (χ3v) is 3.95. The van der Waals surface area contributed by atoms with E-state index in [-0.39, 0.29) is 0 Å². The Labute approximate surface area is 114 Å². The van der Waals surface area contributed by atoms with Crippen LogP contribution in [0.15, 0.2) is 24.3 Å². The molecule has 104 valence electrons. The number of hydrogen-bond acceptors (Lipinski definition) is 3. The van der Waals surface area contributed by atoms with Gasteiger partial charge in [-0.3, -0.25) is 4.90 Å². The van der Waals surface area contributed by atoms with Gasteiger partial charge in [0.25, 0.3) is 0 Å². The summed E-state index contributed by atoms with van der Waals surface area (Å²) in [5.74, 6) is -0.860. The van der Waals surface area contributed by atoms with E-state index in [4.69, 9.17) is 5.11 Å². The van der Waals surface area contributed by atoms with Gasteiger partial charge in [-0.25, -0.2) is 4.79 Å². The molecule has 1 saturated heterocycles. The summed E-state index contributed by atoms with van der Waals surface area (Å²) in [7, 11) is 0. The lowest BCUT2D eigenvalue weighted by molar-refractivity contribution is 0.0697. The summed E-state index contributed by atoms with van der Waals surface area (Å²) in [4.78, 5) is 15.8. The van der Waals surface area contributed by atoms with Crippen LogP contribution in [-0.4, -0.2) is 48.2 Å². The summed E-state index contributed by atoms with van der Waals surface area (Å²) < 4.78 is 0. The van der Waals surface area contributed by atoms with E-state index in [0.29, 0.717) is 11.6 Å². The van der Waals surface area contributed by atoms with E-state index >= 15 is 0 Å². The molecule has 0 spiro atoms. The number of carboxylic acid groups (broad SMARTS) is 1. The highest BCUT2D eigenvalue weighted by Gasteiger charge is 2.26. The van der Waals surface area contributed by atoms with E-state index in [0.717, 1.165) is 38.3 Å². The van der Waals surface area contributed by atoms with Gasteiger partial charge in [0.15, 0.2) is 0 Å². The summed E-state index contributed by atoms with van der Waals surface area (Å²) in [5.41, 5.74) is 1.39. The molecule has 1 N–H and O–H groups in total. The Balaban J connectivity index is 2.08. The van der Waals surface area contributed by atoms with E-state index in [1.54, 1.807) is 12.1 Å². The molecule has 0 bridgehead atoms. The van der Waals surface area contributed by atoms with Crippen LogP contribution >= 0.6 is 0 Å². The number of anilines is 1. The van der Waals surface area contributed by atoms with Gasteiger partial charge in [0.05, 0.1) is 5.56 Å². The van der Waals surface area contributed by atoms with E-state index in [9.17, 15) is 4.79 Å². The monoisotopic (exact) mass is 262 g/mol. The molecule has 19 heavy (non-hydrogen) atoms. The van der Waals surface area contributed by atoms with E-state index in [2.05, 4.69) is 23.6 Å². The van der Waals surface area contributed by atoms with Crippen LogP contribution in [0, 0.1) is 0 Å². The molecule has 1 fully saturated rings. The largest absolute Gasteiger partial charge is 0.478 e. The molecular weight excluding hydrogens is 240 g/mol. The van der Waals surface area contributed by atoms with Crippen LogP contribution in [0.25, 0.3) is 0 Å². The van der Waals surface area contributed by atoms with Gasteiger partial charge in [-0.1, -0.05) is 19.9 Å². The number of aromatic carboxylic acids is 1. The Morgan fingerprint density at radius 1 is 1.42 bits per heavy atom. The van der Waals surface area contributed by atoms with Crippen LogP contribution in [0.2, 0.25) is 0 Å². The lowest BCUT2D eigenvalue weighted by atomic mass is 10.2. The average molecular weight is 262 g/mol. The molecule has 4 heteroatoms. The number of likely N-dealkylation sites (N-methyl/N-ethyl adjacent to an activating group) is 1. The van der Waals surface area contributed by atoms with Crippen LogP contribution in [-0.2, 0) is 0 Å². The van der Waals surface area contributed by atoms with Crippen molar-refractivity contribution < 1.29 is 9.90 Å². The Morgan fingerprint density at radius 2 is 2.16 bits per heavy atom. The molecule has 0 saturated carbocycles. The highest BCUT2D eigenvalue weighted by molar-refractivity contribution is 5.88. The fourth-order valence-electron chi connectivity index (χ4n) is 2.85. The smallest absolute Gasteiger partial charge is 0.335 e. The number of nitrogens with zero attached hydrogens (tertiary/aromatic N) is 2. The second kappa shape index (κ2) is 6.06. The number of carboxylic acids is 1. The lowest BCUT2D eigenvalue weighted by Crippen LogP contribution is -2.37. The van der Waals surface area contributed by atoms with Gasteiger partial charge in [0.1, 0.15) is 0 Å². The summed E-state index contributed by atoms with van der Waals surface area (Å²) in [5, 5.41) is 9.04. The van der Waals surface area contributed by atoms with Gasteiger partial charge in [-0.05, 0) is 37.7 Å². The van der Waals surface area contributed by atoms with E-state index in [1.165, 1.54) is 0 Å². The Bertz CT molecular complexity index is 444. The third kappa shape index (κ3) is 3.07. The maximum atomic E-state index is 11.0. The minimum atomic E-state index is -0.860. The first-order chi connectivity index (χ1) is 9.15. The van der Waals surface area contributed by atoms with Crippen LogP contribution in [0.3, 0.4) is 0 Å². The summed E-state index contributed by atoms with van der Waals surface area (Å²) in [6, 6.07) is 7.82. The van der Waals surface area contributed by atoms with Crippen molar-refractivity contribution in [3.05, 3.63) is 29.8 Å². The maximum absolute atomic E-state index is 11.0. The van der Waals surface area contributed by atoms with Gasteiger partial charge in [-0.15, -0.1) is 0 Å². The quantitative estimate of drug-likeness (QED) is 0.884. The first-order valence-electron chi connectivity index (χ1n) is 6.98. The van der Waals surface area contributed by atoms with Gasteiger partial charge >= 0.3 is 5.97 Å². The van der Waals surface area contributed by atoms with Gasteiger partial charge in [0, 0.05) is 24.8 Å². The van der Waals surface area contributed by atoms with Crippen LogP contribution < -0.4 is 4.90 Å². The fourth-order valence-corrected chi connectivity index (χ4v) is 2.85. The van der Waals surface area contributed by atoms with Crippen LogP contribution in [0.4, 0.5) is 5.69 Å². The minimum Gasteiger partial charge on any atom is -0.478 e. The topological polar surface area (TPSA) is 43.8 Å². The molecule has 1 aromatic rings. The molecule has 0 amide bonds. The van der Waals surface area contributed by atoms with Crippen molar-refractivity contribution in [1.29, 1.82) is 0 Å². The van der Waals surface area contributed by atoms with Gasteiger partial charge in [-0.2, -0.15) is 0 Å². The average Bonchev–Trinajstić information content (AvgIpc) is 2.90. The second-order valence-corrected chi connectivity index (χ2v) is 4.97. The Kier molecular flexibility index (Phi) is 4.43. The first kappa shape index (κ1) is 13.9. The van der Waals surface area contributed by atoms with Crippen molar-refractivity contribution in [3.8, 4) is 0 Å². The first-order valence-corrected chi connectivity index (χ1v) is 6.98. The van der Waals surface area contributed by atoms with Gasteiger partial charge in [0.2, 0.25) is 0 Å². The number of benzene rings is 1. The molecule has 1 unspecified atom stereocenters. The molecule has 2 rings (SSSR count). The summed E-state index contributed by atoms with van der Waals surface area (Å²) in [6.07, 6.45) is 1.15. The van der Waals surface area contributed by atoms with Crippen LogP contribution in [0.1, 0.15) is 30.6 Å². The number of carbonyl (C=O) groups is 1. The zero-order chi connectivity index (χ0) is 13.8. The van der Waals surface area contributed by atoms with Crippen molar-refractivity contribution in [2.75, 3.05) is 31.1 Å². The third-order valence-electron chi connectivity index (χ3n) is 3.95. The summed E-state index contributed by atoms with van der Waals surface area (Å²) in [6.45, 7) is 8.53. The highest BCUT2D eigenvalue weighted by Crippen LogP contribution is 2.23. The van der Waals surface area contributed by atoms with Crippen molar-refractivity contribution in [1.82, 2.24) is 4.90 Å². The Hall–Kier alpha value is -1.55. The minimum absolute atomic E-state index is 0.365. The fraction of sp³-hybridized carbons (Fsp3) is 0.533. The van der Waals surface area contributed by atoms with Crippen molar-refractivity contribution in [2.45, 2.75) is 26.3 Å². The predicted octanol–water partition coefficient (Wildman–Crippen LogP) is 2.31. The molecule has 4 nitrogen and oxygen atoms in total. The molecule has 0 aliphatic carbocycles. The predicted molar refractivity (Wildman–Crippen MR) is 76.9 cm³/mol. The highest BCUT2D eigenvalue weighted by atomic mass is 16.4. The van der Waals surface area contributed by atoms with Crippen molar-refractivity contribution >= 4 is 11.7 Å². The maximum Gasteiger partial charge on any atom is 0.335 e. The molecule has 1 atom stereocenters. The molecular formula is C15H22N2O2. The second-order valence-electron chi connectivity index (χ2n) is 4.97. The molecule has 0 radical (unpaired) electrons. The van der Waals surface area contributed by atoms with E-state index < -0.39 is 5.97 Å².